The van der Waals surface area contributed by atoms with Crippen molar-refractivity contribution in [3.63, 3.8) is 0 Å². The molecule has 1 radical (unpaired) electrons. The number of esters is 1. The molecular formula is C9H9O4. The zero-order valence-corrected chi connectivity index (χ0v) is 7.07. The zero-order valence-electron chi connectivity index (χ0n) is 7.07. The monoisotopic (exact) mass is 181 g/mol. The van der Waals surface area contributed by atoms with Gasteiger partial charge in [-0.2, -0.15) is 0 Å². The van der Waals surface area contributed by atoms with E-state index < -0.39 is 5.97 Å². The lowest BCUT2D eigenvalue weighted by Gasteiger charge is -2.03. The van der Waals surface area contributed by atoms with Crippen LogP contribution >= 0.6 is 0 Å². The Bertz CT molecular complexity index is 319. The quantitative estimate of drug-likeness (QED) is 0.529. The number of phenols is 2. The molecule has 0 amide bonds. The number of hydrogen-bond donors (Lipinski definition) is 2. The molecule has 0 aliphatic rings. The molecule has 0 saturated heterocycles. The molecule has 0 aliphatic carbocycles. The van der Waals surface area contributed by atoms with Crippen LogP contribution in [-0.2, 0) is 4.74 Å². The molecule has 4 heteroatoms. The van der Waals surface area contributed by atoms with Gasteiger partial charge in [-0.25, -0.2) is 4.79 Å². The first-order chi connectivity index (χ1) is 6.15. The van der Waals surface area contributed by atoms with Crippen molar-refractivity contribution >= 4 is 5.97 Å². The highest BCUT2D eigenvalue weighted by Crippen LogP contribution is 2.21. The fourth-order valence-electron chi connectivity index (χ4n) is 0.842. The summed E-state index contributed by atoms with van der Waals surface area (Å²) >= 11 is 0. The minimum atomic E-state index is -0.674. The Kier molecular flexibility index (Phi) is 2.74. The molecule has 0 atom stereocenters. The lowest BCUT2D eigenvalue weighted by Crippen LogP contribution is -2.04. The number of ether oxygens (including phenoxy) is 1. The second-order valence-corrected chi connectivity index (χ2v) is 2.34. The normalized spacial score (nSPS) is 9.62. The van der Waals surface area contributed by atoms with E-state index in [0.29, 0.717) is 0 Å². The van der Waals surface area contributed by atoms with Gasteiger partial charge in [-0.05, 0) is 19.1 Å². The van der Waals surface area contributed by atoms with Crippen molar-refractivity contribution in [3.05, 3.63) is 23.8 Å². The fraction of sp³-hybridized carbons (Fsp3) is 0.222. The molecule has 1 aromatic rings. The molecule has 1 aromatic carbocycles. The van der Waals surface area contributed by atoms with E-state index in [-0.39, 0.29) is 23.7 Å². The summed E-state index contributed by atoms with van der Waals surface area (Å²) in [7, 11) is 0. The number of rotatable bonds is 2. The summed E-state index contributed by atoms with van der Waals surface area (Å²) in [6.07, 6.45) is 0. The largest absolute Gasteiger partial charge is 0.508 e. The first-order valence-electron chi connectivity index (χ1n) is 3.76. The predicted octanol–water partition coefficient (Wildman–Crippen LogP) is 1.07. The highest BCUT2D eigenvalue weighted by atomic mass is 16.5. The molecule has 69 valence electrons. The topological polar surface area (TPSA) is 66.8 Å². The van der Waals surface area contributed by atoms with Gasteiger partial charge in [-0.1, -0.05) is 0 Å². The van der Waals surface area contributed by atoms with Crippen molar-refractivity contribution in [2.45, 2.75) is 6.92 Å². The van der Waals surface area contributed by atoms with Crippen molar-refractivity contribution in [1.29, 1.82) is 0 Å². The third-order valence-corrected chi connectivity index (χ3v) is 1.40. The fourth-order valence-corrected chi connectivity index (χ4v) is 0.842. The average molecular weight is 181 g/mol. The maximum atomic E-state index is 11.1. The van der Waals surface area contributed by atoms with E-state index in [4.69, 9.17) is 10.2 Å². The van der Waals surface area contributed by atoms with E-state index in [0.717, 1.165) is 12.1 Å². The Labute approximate surface area is 75.4 Å². The molecule has 0 spiro atoms. The van der Waals surface area contributed by atoms with Gasteiger partial charge < -0.3 is 14.9 Å². The van der Waals surface area contributed by atoms with Gasteiger partial charge in [-0.15, -0.1) is 0 Å². The Morgan fingerprint density at radius 2 is 2.31 bits per heavy atom. The summed E-state index contributed by atoms with van der Waals surface area (Å²) in [6, 6.07) is 4.61. The van der Waals surface area contributed by atoms with Crippen LogP contribution < -0.4 is 0 Å². The van der Waals surface area contributed by atoms with Crippen LogP contribution in [-0.4, -0.2) is 22.8 Å². The molecule has 0 heterocycles. The minimum absolute atomic E-state index is 0.0816. The van der Waals surface area contributed by atoms with E-state index in [1.54, 1.807) is 6.92 Å². The molecule has 13 heavy (non-hydrogen) atoms. The van der Waals surface area contributed by atoms with Crippen molar-refractivity contribution < 1.29 is 19.7 Å². The average Bonchev–Trinajstić information content (AvgIpc) is 2.09. The van der Waals surface area contributed by atoms with Crippen molar-refractivity contribution in [2.24, 2.45) is 0 Å². The van der Waals surface area contributed by atoms with Crippen LogP contribution in [0.3, 0.4) is 0 Å². The van der Waals surface area contributed by atoms with Gasteiger partial charge in [0, 0.05) is 6.07 Å². The molecule has 0 aliphatic heterocycles. The second kappa shape index (κ2) is 3.80. The number of phenolic OH excluding ortho intramolecular Hbond substituents is 2. The summed E-state index contributed by atoms with van der Waals surface area (Å²) < 4.78 is 4.63. The van der Waals surface area contributed by atoms with Gasteiger partial charge in [0.05, 0.1) is 6.61 Å². The standard InChI is InChI=1S/C9H9O4/c1-2-13-9(12)7-5-6(10)3-4-8(7)11/h3,5,10-11H,2H2,1H3. The third-order valence-electron chi connectivity index (χ3n) is 1.40. The van der Waals surface area contributed by atoms with Crippen LogP contribution in [0, 0.1) is 6.07 Å². The van der Waals surface area contributed by atoms with Crippen LogP contribution in [0.5, 0.6) is 11.5 Å². The summed E-state index contributed by atoms with van der Waals surface area (Å²) in [5, 5.41) is 18.2. The Morgan fingerprint density at radius 1 is 1.62 bits per heavy atom. The molecule has 0 unspecified atom stereocenters. The molecule has 0 aromatic heterocycles. The number of aromatic hydroxyl groups is 2. The van der Waals surface area contributed by atoms with Crippen molar-refractivity contribution in [1.82, 2.24) is 0 Å². The van der Waals surface area contributed by atoms with E-state index in [9.17, 15) is 4.79 Å². The lowest BCUT2D eigenvalue weighted by molar-refractivity contribution is 0.0522. The van der Waals surface area contributed by atoms with E-state index >= 15 is 0 Å². The highest BCUT2D eigenvalue weighted by molar-refractivity contribution is 5.92. The van der Waals surface area contributed by atoms with Gasteiger partial charge in [0.25, 0.3) is 0 Å². The second-order valence-electron chi connectivity index (χ2n) is 2.34. The minimum Gasteiger partial charge on any atom is -0.508 e. The molecule has 4 nitrogen and oxygen atoms in total. The smallest absolute Gasteiger partial charge is 0.342 e. The number of hydrogen-bond acceptors (Lipinski definition) is 4. The molecule has 2 N–H and O–H groups in total. The van der Waals surface area contributed by atoms with Crippen LogP contribution in [0.25, 0.3) is 0 Å². The third kappa shape index (κ3) is 2.11. The SMILES string of the molecule is CCOC(=O)c1cc(O)c[c]c1O. The molecule has 0 fully saturated rings. The Morgan fingerprint density at radius 3 is 2.92 bits per heavy atom. The van der Waals surface area contributed by atoms with E-state index in [1.165, 1.54) is 0 Å². The number of carbonyl (C=O) groups excluding carboxylic acids is 1. The summed E-state index contributed by atoms with van der Waals surface area (Å²) in [4.78, 5) is 11.1. The van der Waals surface area contributed by atoms with Crippen LogP contribution in [0.1, 0.15) is 17.3 Å². The highest BCUT2D eigenvalue weighted by Gasteiger charge is 2.12. The van der Waals surface area contributed by atoms with E-state index in [2.05, 4.69) is 10.8 Å². The zero-order chi connectivity index (χ0) is 9.84. The first kappa shape index (κ1) is 9.38. The summed E-state index contributed by atoms with van der Waals surface area (Å²) in [6.45, 7) is 1.87. The molecule has 0 saturated carbocycles. The predicted molar refractivity (Wildman–Crippen MR) is 44.6 cm³/mol. The van der Waals surface area contributed by atoms with Crippen molar-refractivity contribution in [2.75, 3.05) is 6.61 Å². The first-order valence-corrected chi connectivity index (χ1v) is 3.76. The summed E-state index contributed by atoms with van der Waals surface area (Å²) in [5.74, 6) is -1.13. The molecular weight excluding hydrogens is 172 g/mol. The Hall–Kier alpha value is -1.71. The molecule has 0 bridgehead atoms. The molecule has 1 rings (SSSR count). The van der Waals surface area contributed by atoms with Gasteiger partial charge in [-0.3, -0.25) is 0 Å². The maximum absolute atomic E-state index is 11.1. The van der Waals surface area contributed by atoms with Crippen LogP contribution in [0.4, 0.5) is 0 Å². The van der Waals surface area contributed by atoms with Gasteiger partial charge in [0.15, 0.2) is 0 Å². The van der Waals surface area contributed by atoms with Gasteiger partial charge in [0.2, 0.25) is 0 Å². The number of carbonyl (C=O) groups is 1. The van der Waals surface area contributed by atoms with Crippen LogP contribution in [0.2, 0.25) is 0 Å². The van der Waals surface area contributed by atoms with Gasteiger partial charge in [0.1, 0.15) is 17.1 Å². The van der Waals surface area contributed by atoms with Crippen molar-refractivity contribution in [3.8, 4) is 11.5 Å². The van der Waals surface area contributed by atoms with E-state index in [1.807, 2.05) is 0 Å². The van der Waals surface area contributed by atoms with Gasteiger partial charge >= 0.3 is 5.97 Å². The number of benzene rings is 1. The Balaban J connectivity index is 2.99. The lowest BCUT2D eigenvalue weighted by atomic mass is 10.2. The maximum Gasteiger partial charge on any atom is 0.342 e. The van der Waals surface area contributed by atoms with Crippen LogP contribution in [0.15, 0.2) is 12.1 Å². The summed E-state index contributed by atoms with van der Waals surface area (Å²) in [5.41, 5.74) is -0.0816.